The summed E-state index contributed by atoms with van der Waals surface area (Å²) < 4.78 is 21.9. The second-order valence-corrected chi connectivity index (χ2v) is 10.00. The van der Waals surface area contributed by atoms with Crippen molar-refractivity contribution >= 4 is 51.5 Å². The molecule has 5 rings (SSSR count). The van der Waals surface area contributed by atoms with Crippen LogP contribution in [0.2, 0.25) is 10.0 Å². The highest BCUT2D eigenvalue weighted by Gasteiger charge is 2.28. The van der Waals surface area contributed by atoms with E-state index in [9.17, 15) is 4.79 Å². The molecule has 0 unspecified atom stereocenters. The van der Waals surface area contributed by atoms with Gasteiger partial charge in [-0.25, -0.2) is 9.97 Å². The Morgan fingerprint density at radius 2 is 1.79 bits per heavy atom. The predicted octanol–water partition coefficient (Wildman–Crippen LogP) is 4.30. The number of anilines is 2. The number of carbonyl (C=O) groups is 1. The number of rotatable bonds is 9. The summed E-state index contributed by atoms with van der Waals surface area (Å²) in [6, 6.07) is 5.25. The van der Waals surface area contributed by atoms with Gasteiger partial charge in [0.2, 0.25) is 5.91 Å². The highest BCUT2D eigenvalue weighted by molar-refractivity contribution is 6.41. The second-order valence-electron chi connectivity index (χ2n) is 9.24. The highest BCUT2D eigenvalue weighted by Crippen LogP contribution is 2.46. The molecule has 206 valence electrons. The molecule has 10 nitrogen and oxygen atoms in total. The molecule has 0 spiro atoms. The number of carbonyl (C=O) groups excluding carboxylic acids is 1. The van der Waals surface area contributed by atoms with Crippen LogP contribution in [0.4, 0.5) is 11.6 Å². The van der Waals surface area contributed by atoms with Crippen LogP contribution in [-0.2, 0) is 14.3 Å². The topological polar surface area (TPSA) is 116 Å². The van der Waals surface area contributed by atoms with Crippen LogP contribution >= 0.6 is 23.2 Å². The van der Waals surface area contributed by atoms with Crippen LogP contribution in [0.5, 0.6) is 11.5 Å². The van der Waals surface area contributed by atoms with Gasteiger partial charge in [-0.15, -0.1) is 0 Å². The fourth-order valence-electron chi connectivity index (χ4n) is 4.57. The van der Waals surface area contributed by atoms with E-state index in [0.29, 0.717) is 77.3 Å². The molecule has 2 fully saturated rings. The molecule has 0 saturated carbocycles. The lowest BCUT2D eigenvalue weighted by atomic mass is 10.0. The number of halogens is 2. The number of benzene rings is 1. The lowest BCUT2D eigenvalue weighted by molar-refractivity contribution is -0.117. The first-order valence-electron chi connectivity index (χ1n) is 12.4. The van der Waals surface area contributed by atoms with Crippen LogP contribution in [0, 0.1) is 0 Å². The van der Waals surface area contributed by atoms with Crippen molar-refractivity contribution in [3.8, 4) is 22.8 Å². The van der Waals surface area contributed by atoms with Crippen LogP contribution in [0.15, 0.2) is 37.1 Å². The fraction of sp³-hybridized carbons (Fsp3) is 0.370. The van der Waals surface area contributed by atoms with Crippen LogP contribution in [0.3, 0.4) is 0 Å². The Labute approximate surface area is 236 Å². The number of hydrogen-bond donors (Lipinski definition) is 3. The summed E-state index contributed by atoms with van der Waals surface area (Å²) in [5, 5.41) is 12.2. The quantitative estimate of drug-likeness (QED) is 0.322. The van der Waals surface area contributed by atoms with E-state index in [-0.39, 0.29) is 24.0 Å². The van der Waals surface area contributed by atoms with Gasteiger partial charge in [0.05, 0.1) is 67.9 Å². The minimum absolute atomic E-state index is 0.108. The maximum atomic E-state index is 11.9. The molecule has 3 aromatic rings. The summed E-state index contributed by atoms with van der Waals surface area (Å²) in [7, 11) is 3.05. The first-order chi connectivity index (χ1) is 18.9. The van der Waals surface area contributed by atoms with Crippen molar-refractivity contribution < 1.29 is 23.7 Å². The third-order valence-corrected chi connectivity index (χ3v) is 7.48. The molecule has 2 aromatic heterocycles. The molecule has 1 amide bonds. The summed E-state index contributed by atoms with van der Waals surface area (Å²) in [4.78, 5) is 21.5. The Hall–Kier alpha value is -3.31. The number of pyridine rings is 2. The molecule has 0 aliphatic carbocycles. The van der Waals surface area contributed by atoms with Gasteiger partial charge < -0.3 is 34.9 Å². The molecular weight excluding hydrogens is 545 g/mol. The van der Waals surface area contributed by atoms with Gasteiger partial charge in [-0.05, 0) is 24.6 Å². The van der Waals surface area contributed by atoms with Crippen LogP contribution in [0.25, 0.3) is 22.0 Å². The molecule has 1 aromatic carbocycles. The maximum Gasteiger partial charge on any atom is 0.243 e. The van der Waals surface area contributed by atoms with Crippen LogP contribution in [0.1, 0.15) is 6.42 Å². The van der Waals surface area contributed by atoms with E-state index in [0.717, 1.165) is 10.8 Å². The van der Waals surface area contributed by atoms with Gasteiger partial charge in [-0.1, -0.05) is 29.8 Å². The van der Waals surface area contributed by atoms with Crippen molar-refractivity contribution in [3.05, 3.63) is 47.1 Å². The van der Waals surface area contributed by atoms with E-state index < -0.39 is 0 Å². The van der Waals surface area contributed by atoms with Crippen molar-refractivity contribution in [2.75, 3.05) is 51.3 Å². The van der Waals surface area contributed by atoms with Gasteiger partial charge >= 0.3 is 0 Å². The van der Waals surface area contributed by atoms with E-state index >= 15 is 0 Å². The van der Waals surface area contributed by atoms with Gasteiger partial charge in [-0.3, -0.25) is 4.79 Å². The summed E-state index contributed by atoms with van der Waals surface area (Å²) in [6.07, 6.45) is 3.70. The van der Waals surface area contributed by atoms with E-state index in [1.807, 2.05) is 12.1 Å². The zero-order valence-corrected chi connectivity index (χ0v) is 23.1. The number of hydrogen-bond acceptors (Lipinski definition) is 9. The molecule has 2 atom stereocenters. The molecule has 2 aliphatic heterocycles. The standard InChI is InChI=1S/C27H29Cl2N5O5/c1-4-23(35)33-17-5-6-38-13-19(17)32-22-8-16-14(10-30-22)7-18(34-27(16)31-15-11-39-12-15)24-25(28)20(36-2)9-21(37-3)26(24)29/h4,7-10,15,17,19H,1,5-6,11-13H2,2-3H3,(H,30,32)(H,31,34)(H,33,35)/t17-,19+/m0/s1. The van der Waals surface area contributed by atoms with Crippen LogP contribution in [-0.4, -0.2) is 74.6 Å². The Morgan fingerprint density at radius 1 is 1.05 bits per heavy atom. The molecule has 12 heteroatoms. The minimum Gasteiger partial charge on any atom is -0.495 e. The number of nitrogens with zero attached hydrogens (tertiary/aromatic N) is 2. The second kappa shape index (κ2) is 11.8. The lowest BCUT2D eigenvalue weighted by Gasteiger charge is -2.33. The first kappa shape index (κ1) is 27.3. The molecule has 3 N–H and O–H groups in total. The van der Waals surface area contributed by atoms with Crippen LogP contribution < -0.4 is 25.4 Å². The van der Waals surface area contributed by atoms with Gasteiger partial charge in [0.15, 0.2) is 0 Å². The fourth-order valence-corrected chi connectivity index (χ4v) is 5.27. The van der Waals surface area contributed by atoms with Gasteiger partial charge in [0.1, 0.15) is 23.1 Å². The van der Waals surface area contributed by atoms with E-state index in [1.165, 1.54) is 20.3 Å². The maximum absolute atomic E-state index is 11.9. The van der Waals surface area contributed by atoms with Gasteiger partial charge in [-0.2, -0.15) is 0 Å². The Morgan fingerprint density at radius 3 is 2.44 bits per heavy atom. The number of ether oxygens (including phenoxy) is 4. The predicted molar refractivity (Wildman–Crippen MR) is 151 cm³/mol. The zero-order chi connectivity index (χ0) is 27.5. The Kier molecular flexibility index (Phi) is 8.27. The zero-order valence-electron chi connectivity index (χ0n) is 21.6. The highest BCUT2D eigenvalue weighted by atomic mass is 35.5. The van der Waals surface area contributed by atoms with Crippen molar-refractivity contribution in [3.63, 3.8) is 0 Å². The summed E-state index contributed by atoms with van der Waals surface area (Å²) in [6.45, 7) is 5.68. The number of methoxy groups -OCH3 is 2. The first-order valence-corrected chi connectivity index (χ1v) is 13.2. The lowest BCUT2D eigenvalue weighted by Crippen LogP contribution is -2.52. The SMILES string of the molecule is C=CC(=O)N[C@H]1CCOC[C@H]1Nc1cc2c(NC3COC3)nc(-c3c(Cl)c(OC)cc(OC)c3Cl)cc2cn1. The molecule has 2 aliphatic rings. The Bertz CT molecular complexity index is 1370. The normalized spacial score (nSPS) is 19.2. The summed E-state index contributed by atoms with van der Waals surface area (Å²) >= 11 is 13.4. The third-order valence-electron chi connectivity index (χ3n) is 6.73. The number of fused-ring (bicyclic) bond motifs is 1. The van der Waals surface area contributed by atoms with Crippen molar-refractivity contribution in [1.82, 2.24) is 15.3 Å². The molecule has 2 saturated heterocycles. The van der Waals surface area contributed by atoms with Crippen molar-refractivity contribution in [2.45, 2.75) is 24.5 Å². The minimum atomic E-state index is -0.224. The van der Waals surface area contributed by atoms with E-state index in [2.05, 4.69) is 27.5 Å². The van der Waals surface area contributed by atoms with E-state index in [4.69, 9.17) is 47.1 Å². The van der Waals surface area contributed by atoms with Crippen molar-refractivity contribution in [1.29, 1.82) is 0 Å². The van der Waals surface area contributed by atoms with E-state index in [1.54, 1.807) is 12.3 Å². The number of nitrogens with one attached hydrogen (secondary N) is 3. The number of amides is 1. The molecular formula is C27H29Cl2N5O5. The molecule has 0 radical (unpaired) electrons. The smallest absolute Gasteiger partial charge is 0.243 e. The Balaban J connectivity index is 1.55. The van der Waals surface area contributed by atoms with Crippen molar-refractivity contribution in [2.24, 2.45) is 0 Å². The molecule has 39 heavy (non-hydrogen) atoms. The molecule has 0 bridgehead atoms. The summed E-state index contributed by atoms with van der Waals surface area (Å²) in [5.41, 5.74) is 1.03. The van der Waals surface area contributed by atoms with Gasteiger partial charge in [0.25, 0.3) is 0 Å². The third kappa shape index (κ3) is 5.69. The average Bonchev–Trinajstić information content (AvgIpc) is 2.92. The number of aromatic nitrogens is 2. The summed E-state index contributed by atoms with van der Waals surface area (Å²) in [5.74, 6) is 1.87. The monoisotopic (exact) mass is 573 g/mol. The average molecular weight is 574 g/mol. The largest absolute Gasteiger partial charge is 0.495 e. The molecule has 4 heterocycles. The van der Waals surface area contributed by atoms with Gasteiger partial charge in [0, 0.05) is 35.2 Å².